The number of furan rings is 2. The van der Waals surface area contributed by atoms with Crippen molar-refractivity contribution in [1.29, 1.82) is 0 Å². The summed E-state index contributed by atoms with van der Waals surface area (Å²) in [4.78, 5) is 11.3. The van der Waals surface area contributed by atoms with Crippen molar-refractivity contribution in [3.8, 4) is 5.75 Å². The maximum atomic E-state index is 11.3. The maximum absolute atomic E-state index is 11.3. The Morgan fingerprint density at radius 1 is 1.13 bits per heavy atom. The zero-order valence-corrected chi connectivity index (χ0v) is 13.9. The highest BCUT2D eigenvalue weighted by Gasteiger charge is 2.33. The first-order chi connectivity index (χ1) is 10.7. The van der Waals surface area contributed by atoms with Crippen LogP contribution in [0.1, 0.15) is 37.4 Å². The third-order valence-electron chi connectivity index (χ3n) is 4.13. The van der Waals surface area contributed by atoms with Crippen molar-refractivity contribution in [2.75, 3.05) is 7.11 Å². The van der Waals surface area contributed by atoms with Crippen LogP contribution < -0.4 is 4.74 Å². The van der Waals surface area contributed by atoms with Crippen LogP contribution in [0.15, 0.2) is 21.0 Å². The predicted octanol–water partition coefficient (Wildman–Crippen LogP) is 4.56. The summed E-state index contributed by atoms with van der Waals surface area (Å²) in [5, 5.41) is 10.9. The summed E-state index contributed by atoms with van der Waals surface area (Å²) in [5.74, 6) is 1.26. The lowest BCUT2D eigenvalue weighted by Crippen LogP contribution is -2.22. The summed E-state index contributed by atoms with van der Waals surface area (Å²) in [6, 6.07) is 3.81. The summed E-state index contributed by atoms with van der Waals surface area (Å²) in [6.07, 6.45) is -0.00644. The number of hydrogen-bond donors (Lipinski definition) is 1. The molecule has 3 rings (SSSR count). The molecule has 0 saturated carbocycles. The van der Waals surface area contributed by atoms with Gasteiger partial charge in [-0.3, -0.25) is 4.79 Å². The van der Waals surface area contributed by atoms with Crippen molar-refractivity contribution in [2.24, 2.45) is 0 Å². The Labute approximate surface area is 133 Å². The van der Waals surface area contributed by atoms with E-state index < -0.39 is 11.4 Å². The molecule has 23 heavy (non-hydrogen) atoms. The van der Waals surface area contributed by atoms with Crippen LogP contribution in [0.3, 0.4) is 0 Å². The second kappa shape index (κ2) is 5.05. The third kappa shape index (κ3) is 2.36. The average molecular weight is 316 g/mol. The quantitative estimate of drug-likeness (QED) is 0.764. The first kappa shape index (κ1) is 15.5. The van der Waals surface area contributed by atoms with Crippen LogP contribution in [-0.4, -0.2) is 18.2 Å². The van der Waals surface area contributed by atoms with E-state index in [-0.39, 0.29) is 6.42 Å². The first-order valence-corrected chi connectivity index (χ1v) is 7.47. The van der Waals surface area contributed by atoms with Crippen LogP contribution in [0.5, 0.6) is 5.75 Å². The molecule has 5 nitrogen and oxygen atoms in total. The Kier molecular flexibility index (Phi) is 3.39. The summed E-state index contributed by atoms with van der Waals surface area (Å²) in [7, 11) is 1.59. The van der Waals surface area contributed by atoms with Gasteiger partial charge in [-0.1, -0.05) is 13.8 Å². The lowest BCUT2D eigenvalue weighted by Gasteiger charge is -2.24. The zero-order valence-electron chi connectivity index (χ0n) is 13.9. The van der Waals surface area contributed by atoms with Gasteiger partial charge in [0.05, 0.1) is 18.9 Å². The molecule has 0 saturated heterocycles. The SMILES string of the molecule is COc1c2cc(C)oc2c(C(C)(C)CC(=O)O)c2cc(C)oc12. The Morgan fingerprint density at radius 2 is 1.70 bits per heavy atom. The van der Waals surface area contributed by atoms with Crippen molar-refractivity contribution in [3.63, 3.8) is 0 Å². The normalized spacial score (nSPS) is 12.2. The number of aryl methyl sites for hydroxylation is 2. The molecular weight excluding hydrogens is 296 g/mol. The number of carboxylic acids is 1. The first-order valence-electron chi connectivity index (χ1n) is 7.47. The standard InChI is InChI=1S/C18H20O5/c1-9-6-11-14(18(3,4)8-13(19)20)15-12(7-10(2)22-15)16(21-5)17(11)23-9/h6-7H,8H2,1-5H3,(H,19,20). The minimum absolute atomic E-state index is 0.00644. The molecule has 0 aliphatic heterocycles. The molecule has 0 fully saturated rings. The maximum Gasteiger partial charge on any atom is 0.304 e. The molecule has 2 aromatic heterocycles. The highest BCUT2D eigenvalue weighted by atomic mass is 16.5. The molecule has 0 spiro atoms. The van der Waals surface area contributed by atoms with Crippen LogP contribution in [-0.2, 0) is 10.2 Å². The van der Waals surface area contributed by atoms with E-state index in [4.69, 9.17) is 13.6 Å². The molecule has 0 amide bonds. The van der Waals surface area contributed by atoms with Gasteiger partial charge in [0.1, 0.15) is 17.1 Å². The van der Waals surface area contributed by atoms with Gasteiger partial charge in [0.25, 0.3) is 0 Å². The lowest BCUT2D eigenvalue weighted by molar-refractivity contribution is -0.138. The van der Waals surface area contributed by atoms with Crippen molar-refractivity contribution < 1.29 is 23.5 Å². The van der Waals surface area contributed by atoms with Crippen LogP contribution in [0.4, 0.5) is 0 Å². The molecule has 0 aliphatic rings. The topological polar surface area (TPSA) is 72.8 Å². The molecule has 0 unspecified atom stereocenters. The molecule has 1 N–H and O–H groups in total. The summed E-state index contributed by atoms with van der Waals surface area (Å²) in [5.41, 5.74) is 1.52. The van der Waals surface area contributed by atoms with Gasteiger partial charge >= 0.3 is 5.97 Å². The van der Waals surface area contributed by atoms with Gasteiger partial charge in [0, 0.05) is 16.4 Å². The van der Waals surface area contributed by atoms with E-state index in [1.807, 2.05) is 39.8 Å². The van der Waals surface area contributed by atoms with E-state index in [2.05, 4.69) is 0 Å². The Bertz CT molecular complexity index is 853. The van der Waals surface area contributed by atoms with Crippen LogP contribution in [0, 0.1) is 13.8 Å². The highest BCUT2D eigenvalue weighted by molar-refractivity contribution is 6.05. The number of ether oxygens (including phenoxy) is 1. The fourth-order valence-corrected chi connectivity index (χ4v) is 3.32. The Balaban J connectivity index is 2.49. The number of benzene rings is 1. The summed E-state index contributed by atoms with van der Waals surface area (Å²) in [6.45, 7) is 7.53. The fourth-order valence-electron chi connectivity index (χ4n) is 3.32. The van der Waals surface area contributed by atoms with E-state index in [0.717, 1.165) is 27.9 Å². The number of hydrogen-bond acceptors (Lipinski definition) is 4. The molecule has 0 radical (unpaired) electrons. The molecule has 0 bridgehead atoms. The minimum atomic E-state index is -0.851. The van der Waals surface area contributed by atoms with Gasteiger partial charge in [-0.2, -0.15) is 0 Å². The van der Waals surface area contributed by atoms with E-state index in [9.17, 15) is 9.90 Å². The molecule has 0 atom stereocenters. The van der Waals surface area contributed by atoms with Gasteiger partial charge in [0.2, 0.25) is 0 Å². The van der Waals surface area contributed by atoms with Crippen LogP contribution in [0.2, 0.25) is 0 Å². The molecule has 5 heteroatoms. The van der Waals surface area contributed by atoms with Crippen molar-refractivity contribution in [1.82, 2.24) is 0 Å². The second-order valence-corrected chi connectivity index (χ2v) is 6.56. The number of carbonyl (C=O) groups is 1. The number of rotatable bonds is 4. The highest BCUT2D eigenvalue weighted by Crippen LogP contribution is 2.46. The number of fused-ring (bicyclic) bond motifs is 2. The fraction of sp³-hybridized carbons (Fsp3) is 0.389. The van der Waals surface area contributed by atoms with E-state index in [0.29, 0.717) is 16.9 Å². The lowest BCUT2D eigenvalue weighted by atomic mass is 9.79. The second-order valence-electron chi connectivity index (χ2n) is 6.56. The largest absolute Gasteiger partial charge is 0.492 e. The molecule has 3 aromatic rings. The predicted molar refractivity (Wildman–Crippen MR) is 87.3 cm³/mol. The number of carboxylic acid groups (broad SMARTS) is 1. The monoisotopic (exact) mass is 316 g/mol. The summed E-state index contributed by atoms with van der Waals surface area (Å²) >= 11 is 0. The van der Waals surface area contributed by atoms with Crippen LogP contribution >= 0.6 is 0 Å². The van der Waals surface area contributed by atoms with Gasteiger partial charge < -0.3 is 18.7 Å². The van der Waals surface area contributed by atoms with E-state index >= 15 is 0 Å². The number of aliphatic carboxylic acids is 1. The van der Waals surface area contributed by atoms with Crippen molar-refractivity contribution in [2.45, 2.75) is 39.5 Å². The van der Waals surface area contributed by atoms with Gasteiger partial charge in [-0.15, -0.1) is 0 Å². The average Bonchev–Trinajstić information content (AvgIpc) is 2.94. The molecular formula is C18H20O5. The number of methoxy groups -OCH3 is 1. The van der Waals surface area contributed by atoms with Gasteiger partial charge in [-0.05, 0) is 26.0 Å². The van der Waals surface area contributed by atoms with Crippen LogP contribution in [0.25, 0.3) is 21.9 Å². The zero-order chi connectivity index (χ0) is 16.9. The smallest absolute Gasteiger partial charge is 0.304 e. The molecule has 122 valence electrons. The molecule has 2 heterocycles. The molecule has 1 aromatic carbocycles. The Hall–Kier alpha value is -2.43. The Morgan fingerprint density at radius 3 is 2.26 bits per heavy atom. The van der Waals surface area contributed by atoms with E-state index in [1.54, 1.807) is 7.11 Å². The van der Waals surface area contributed by atoms with Crippen molar-refractivity contribution >= 4 is 27.9 Å². The van der Waals surface area contributed by atoms with Crippen molar-refractivity contribution in [3.05, 3.63) is 29.2 Å². The third-order valence-corrected chi connectivity index (χ3v) is 4.13. The minimum Gasteiger partial charge on any atom is -0.492 e. The van der Waals surface area contributed by atoms with Gasteiger partial charge in [0.15, 0.2) is 11.3 Å². The van der Waals surface area contributed by atoms with Gasteiger partial charge in [-0.25, -0.2) is 0 Å². The van der Waals surface area contributed by atoms with E-state index in [1.165, 1.54) is 0 Å². The summed E-state index contributed by atoms with van der Waals surface area (Å²) < 4.78 is 17.3. The molecule has 0 aliphatic carbocycles.